The van der Waals surface area contributed by atoms with Gasteiger partial charge in [0.05, 0.1) is 19.8 Å². The van der Waals surface area contributed by atoms with Gasteiger partial charge in [-0.2, -0.15) is 0 Å². The molecule has 0 aromatic carbocycles. The summed E-state index contributed by atoms with van der Waals surface area (Å²) in [6.45, 7) is 14.2. The van der Waals surface area contributed by atoms with E-state index in [9.17, 15) is 0 Å². The van der Waals surface area contributed by atoms with Crippen molar-refractivity contribution < 1.29 is 9.47 Å². The molecular formula is C13H28N2O2. The Hall–Kier alpha value is -0.160. The lowest BCUT2D eigenvalue weighted by atomic mass is 10.2. The van der Waals surface area contributed by atoms with E-state index in [4.69, 9.17) is 9.47 Å². The minimum absolute atomic E-state index is 0.524. The highest BCUT2D eigenvalue weighted by Gasteiger charge is 2.12. The molecule has 0 bridgehead atoms. The number of hydrogen-bond acceptors (Lipinski definition) is 4. The summed E-state index contributed by atoms with van der Waals surface area (Å²) < 4.78 is 10.9. The topological polar surface area (TPSA) is 33.7 Å². The molecule has 4 heteroatoms. The molecule has 1 heterocycles. The standard InChI is InChI=1S/C13H28N2O2/c1-12(2)11-17-7-4-14-13(3)10-15-5-8-16-9-6-15/h12-14H,4-11H2,1-3H3. The Kier molecular flexibility index (Phi) is 7.77. The molecule has 0 aromatic rings. The van der Waals surface area contributed by atoms with Crippen molar-refractivity contribution in [2.24, 2.45) is 5.92 Å². The molecule has 4 nitrogen and oxygen atoms in total. The molecule has 1 unspecified atom stereocenters. The largest absolute Gasteiger partial charge is 0.380 e. The lowest BCUT2D eigenvalue weighted by molar-refractivity contribution is 0.0337. The van der Waals surface area contributed by atoms with Gasteiger partial charge in [-0.15, -0.1) is 0 Å². The Labute approximate surface area is 106 Å². The summed E-state index contributed by atoms with van der Waals surface area (Å²) in [5.74, 6) is 0.626. The molecule has 0 amide bonds. The van der Waals surface area contributed by atoms with Gasteiger partial charge in [-0.05, 0) is 12.8 Å². The molecule has 1 N–H and O–H groups in total. The number of nitrogens with zero attached hydrogens (tertiary/aromatic N) is 1. The molecule has 1 aliphatic heterocycles. The minimum Gasteiger partial charge on any atom is -0.380 e. The third-order valence-electron chi connectivity index (χ3n) is 2.83. The maximum atomic E-state index is 5.54. The summed E-state index contributed by atoms with van der Waals surface area (Å²) in [7, 11) is 0. The number of ether oxygens (including phenoxy) is 2. The quantitative estimate of drug-likeness (QED) is 0.645. The highest BCUT2D eigenvalue weighted by molar-refractivity contribution is 4.69. The van der Waals surface area contributed by atoms with Crippen molar-refractivity contribution in [3.63, 3.8) is 0 Å². The molecule has 1 atom stereocenters. The van der Waals surface area contributed by atoms with Gasteiger partial charge in [0.1, 0.15) is 0 Å². The van der Waals surface area contributed by atoms with Crippen LogP contribution in [0.1, 0.15) is 20.8 Å². The van der Waals surface area contributed by atoms with Crippen LogP contribution < -0.4 is 5.32 Å². The van der Waals surface area contributed by atoms with Crippen molar-refractivity contribution in [3.8, 4) is 0 Å². The fourth-order valence-corrected chi connectivity index (χ4v) is 1.93. The Morgan fingerprint density at radius 2 is 1.94 bits per heavy atom. The minimum atomic E-state index is 0.524. The molecule has 17 heavy (non-hydrogen) atoms. The van der Waals surface area contributed by atoms with E-state index in [0.29, 0.717) is 12.0 Å². The van der Waals surface area contributed by atoms with E-state index in [2.05, 4.69) is 31.0 Å². The third-order valence-corrected chi connectivity index (χ3v) is 2.83. The molecule has 1 fully saturated rings. The number of nitrogens with one attached hydrogen (secondary N) is 1. The average Bonchev–Trinajstić information content (AvgIpc) is 2.29. The second-order valence-corrected chi connectivity index (χ2v) is 5.24. The van der Waals surface area contributed by atoms with Gasteiger partial charge in [0.2, 0.25) is 0 Å². The number of rotatable bonds is 8. The second-order valence-electron chi connectivity index (χ2n) is 5.24. The van der Waals surface area contributed by atoms with Gasteiger partial charge in [0.15, 0.2) is 0 Å². The van der Waals surface area contributed by atoms with Gasteiger partial charge in [-0.1, -0.05) is 13.8 Å². The van der Waals surface area contributed by atoms with E-state index in [-0.39, 0.29) is 0 Å². The molecule has 1 saturated heterocycles. The summed E-state index contributed by atoms with van der Waals surface area (Å²) in [5, 5.41) is 3.50. The van der Waals surface area contributed by atoms with Crippen molar-refractivity contribution in [2.75, 3.05) is 52.6 Å². The predicted octanol–water partition coefficient (Wildman–Crippen LogP) is 0.969. The van der Waals surface area contributed by atoms with Gasteiger partial charge >= 0.3 is 0 Å². The first kappa shape index (κ1) is 14.9. The summed E-state index contributed by atoms with van der Waals surface area (Å²) in [6, 6.07) is 0.524. The molecule has 1 aliphatic rings. The van der Waals surface area contributed by atoms with E-state index in [1.54, 1.807) is 0 Å². The SMILES string of the molecule is CC(C)COCCNC(C)CN1CCOCC1. The molecule has 0 aromatic heterocycles. The van der Waals surface area contributed by atoms with Crippen LogP contribution in [0.15, 0.2) is 0 Å². The molecule has 0 spiro atoms. The molecule has 0 saturated carbocycles. The van der Waals surface area contributed by atoms with E-state index in [0.717, 1.165) is 52.6 Å². The van der Waals surface area contributed by atoms with E-state index >= 15 is 0 Å². The van der Waals surface area contributed by atoms with Crippen LogP contribution >= 0.6 is 0 Å². The van der Waals surface area contributed by atoms with Gasteiger partial charge in [0.25, 0.3) is 0 Å². The first-order valence-electron chi connectivity index (χ1n) is 6.79. The first-order chi connectivity index (χ1) is 8.18. The Morgan fingerprint density at radius 1 is 1.24 bits per heavy atom. The lowest BCUT2D eigenvalue weighted by Crippen LogP contribution is -2.45. The van der Waals surface area contributed by atoms with Crippen molar-refractivity contribution in [1.29, 1.82) is 0 Å². The highest BCUT2D eigenvalue weighted by atomic mass is 16.5. The van der Waals surface area contributed by atoms with Crippen LogP contribution in [0.5, 0.6) is 0 Å². The first-order valence-corrected chi connectivity index (χ1v) is 6.79. The summed E-state index contributed by atoms with van der Waals surface area (Å²) in [4.78, 5) is 2.45. The van der Waals surface area contributed by atoms with Crippen LogP contribution in [-0.4, -0.2) is 63.5 Å². The predicted molar refractivity (Wildman–Crippen MR) is 70.4 cm³/mol. The Bertz CT molecular complexity index is 182. The van der Waals surface area contributed by atoms with E-state index < -0.39 is 0 Å². The fraction of sp³-hybridized carbons (Fsp3) is 1.00. The molecular weight excluding hydrogens is 216 g/mol. The number of morpholine rings is 1. The zero-order valence-electron chi connectivity index (χ0n) is 11.6. The van der Waals surface area contributed by atoms with Crippen LogP contribution in [0.3, 0.4) is 0 Å². The second kappa shape index (κ2) is 8.86. The summed E-state index contributed by atoms with van der Waals surface area (Å²) in [6.07, 6.45) is 0. The molecule has 0 aliphatic carbocycles. The summed E-state index contributed by atoms with van der Waals surface area (Å²) in [5.41, 5.74) is 0. The molecule has 0 radical (unpaired) electrons. The van der Waals surface area contributed by atoms with Crippen LogP contribution in [0, 0.1) is 5.92 Å². The molecule has 102 valence electrons. The van der Waals surface area contributed by atoms with Gasteiger partial charge in [-0.25, -0.2) is 0 Å². The van der Waals surface area contributed by atoms with Crippen molar-refractivity contribution in [2.45, 2.75) is 26.8 Å². The van der Waals surface area contributed by atoms with Crippen LogP contribution in [-0.2, 0) is 9.47 Å². The van der Waals surface area contributed by atoms with Crippen LogP contribution in [0.4, 0.5) is 0 Å². The molecule has 1 rings (SSSR count). The normalized spacial score (nSPS) is 19.8. The Balaban J connectivity index is 1.95. The maximum Gasteiger partial charge on any atom is 0.0594 e. The lowest BCUT2D eigenvalue weighted by Gasteiger charge is -2.29. The maximum absolute atomic E-state index is 5.54. The van der Waals surface area contributed by atoms with Crippen molar-refractivity contribution in [3.05, 3.63) is 0 Å². The van der Waals surface area contributed by atoms with E-state index in [1.807, 2.05) is 0 Å². The smallest absolute Gasteiger partial charge is 0.0594 e. The van der Waals surface area contributed by atoms with Gasteiger partial charge in [0, 0.05) is 38.8 Å². The zero-order valence-corrected chi connectivity index (χ0v) is 11.6. The van der Waals surface area contributed by atoms with Gasteiger partial charge < -0.3 is 14.8 Å². The third kappa shape index (κ3) is 7.71. The van der Waals surface area contributed by atoms with Crippen LogP contribution in [0.2, 0.25) is 0 Å². The Morgan fingerprint density at radius 3 is 2.59 bits per heavy atom. The van der Waals surface area contributed by atoms with Crippen molar-refractivity contribution in [1.82, 2.24) is 10.2 Å². The average molecular weight is 244 g/mol. The van der Waals surface area contributed by atoms with E-state index in [1.165, 1.54) is 0 Å². The zero-order chi connectivity index (χ0) is 12.5. The van der Waals surface area contributed by atoms with Crippen molar-refractivity contribution >= 4 is 0 Å². The fourth-order valence-electron chi connectivity index (χ4n) is 1.93. The number of hydrogen-bond donors (Lipinski definition) is 1. The van der Waals surface area contributed by atoms with Crippen LogP contribution in [0.25, 0.3) is 0 Å². The summed E-state index contributed by atoms with van der Waals surface area (Å²) >= 11 is 0. The highest BCUT2D eigenvalue weighted by Crippen LogP contribution is 1.98. The van der Waals surface area contributed by atoms with Gasteiger partial charge in [-0.3, -0.25) is 4.90 Å². The monoisotopic (exact) mass is 244 g/mol.